The zero-order chi connectivity index (χ0) is 18.7. The maximum Gasteiger partial charge on any atom is 0.256 e. The molecule has 1 fully saturated rings. The van der Waals surface area contributed by atoms with Crippen LogP contribution < -0.4 is 5.32 Å². The molecule has 1 amide bonds. The number of nitrogens with zero attached hydrogens (tertiary/aromatic N) is 1. The second kappa shape index (κ2) is 7.78. The van der Waals surface area contributed by atoms with E-state index in [1.807, 2.05) is 31.9 Å². The maximum absolute atomic E-state index is 13.0. The lowest BCUT2D eigenvalue weighted by atomic mass is 9.85. The molecule has 0 saturated carbocycles. The lowest BCUT2D eigenvalue weighted by Gasteiger charge is -2.39. The number of hydrogen-bond acceptors (Lipinski definition) is 5. The van der Waals surface area contributed by atoms with E-state index in [9.17, 15) is 4.79 Å². The molecular weight excluding hydrogens is 332 g/mol. The average molecular weight is 360 g/mol. The van der Waals surface area contributed by atoms with Gasteiger partial charge in [-0.2, -0.15) is 5.06 Å². The number of amides is 1. The fraction of sp³-hybridized carbons (Fsp3) is 0.550. The maximum atomic E-state index is 13.0. The van der Waals surface area contributed by atoms with Crippen LogP contribution in [0, 0.1) is 13.8 Å². The van der Waals surface area contributed by atoms with Crippen LogP contribution in [0.1, 0.15) is 36.5 Å². The molecule has 1 N–H and O–H groups in total. The first-order valence-corrected chi connectivity index (χ1v) is 9.15. The molecule has 142 valence electrons. The molecule has 1 spiro atoms. The van der Waals surface area contributed by atoms with E-state index in [2.05, 4.69) is 17.4 Å². The highest BCUT2D eigenvalue weighted by Gasteiger charge is 2.49. The molecule has 1 aromatic rings. The van der Waals surface area contributed by atoms with Crippen molar-refractivity contribution in [3.63, 3.8) is 0 Å². The van der Waals surface area contributed by atoms with Crippen LogP contribution in [0.5, 0.6) is 0 Å². The lowest BCUT2D eigenvalue weighted by Crippen LogP contribution is -2.53. The van der Waals surface area contributed by atoms with E-state index in [1.165, 1.54) is 0 Å². The fourth-order valence-corrected chi connectivity index (χ4v) is 3.73. The zero-order valence-corrected chi connectivity index (χ0v) is 16.1. The van der Waals surface area contributed by atoms with Crippen LogP contribution in [0.15, 0.2) is 24.0 Å². The summed E-state index contributed by atoms with van der Waals surface area (Å²) in [6, 6.07) is 6.15. The van der Waals surface area contributed by atoms with E-state index in [-0.39, 0.29) is 12.7 Å². The minimum Gasteiger partial charge on any atom is -0.469 e. The van der Waals surface area contributed by atoms with Crippen LogP contribution in [0.3, 0.4) is 0 Å². The summed E-state index contributed by atoms with van der Waals surface area (Å²) in [4.78, 5) is 18.3. The average Bonchev–Trinajstić information content (AvgIpc) is 2.89. The molecule has 0 radical (unpaired) electrons. The van der Waals surface area contributed by atoms with E-state index in [0.29, 0.717) is 17.9 Å². The van der Waals surface area contributed by atoms with Gasteiger partial charge in [-0.3, -0.25) is 4.79 Å². The molecule has 1 saturated heterocycles. The molecule has 0 atom stereocenters. The van der Waals surface area contributed by atoms with Crippen LogP contribution in [0.2, 0.25) is 0 Å². The third-order valence-electron chi connectivity index (χ3n) is 5.23. The van der Waals surface area contributed by atoms with E-state index in [0.717, 1.165) is 42.6 Å². The fourth-order valence-electron chi connectivity index (χ4n) is 3.73. The van der Waals surface area contributed by atoms with Gasteiger partial charge in [0.05, 0.1) is 12.7 Å². The number of aryl methyl sites for hydroxylation is 2. The Balaban J connectivity index is 2.03. The van der Waals surface area contributed by atoms with Crippen molar-refractivity contribution in [2.45, 2.75) is 39.2 Å². The van der Waals surface area contributed by atoms with E-state index >= 15 is 0 Å². The van der Waals surface area contributed by atoms with Gasteiger partial charge >= 0.3 is 0 Å². The summed E-state index contributed by atoms with van der Waals surface area (Å²) in [5.74, 6) is 0.636. The Labute approximate surface area is 155 Å². The molecule has 2 heterocycles. The van der Waals surface area contributed by atoms with Crippen LogP contribution in [-0.2, 0) is 19.1 Å². The SMILES string of the molecule is CCOCOC1=C(c2cc(C)ccc2C)C(=O)NC12CCN(OC)CC2. The minimum absolute atomic E-state index is 0.0731. The predicted molar refractivity (Wildman–Crippen MR) is 99.1 cm³/mol. The number of nitrogens with one attached hydrogen (secondary N) is 1. The third-order valence-corrected chi connectivity index (χ3v) is 5.23. The predicted octanol–water partition coefficient (Wildman–Crippen LogP) is 2.55. The quantitative estimate of drug-likeness (QED) is 0.624. The minimum atomic E-state index is -0.491. The van der Waals surface area contributed by atoms with Gasteiger partial charge in [0.2, 0.25) is 0 Å². The first-order chi connectivity index (χ1) is 12.5. The Morgan fingerprint density at radius 2 is 1.96 bits per heavy atom. The Morgan fingerprint density at radius 3 is 2.62 bits per heavy atom. The number of ether oxygens (including phenoxy) is 2. The Morgan fingerprint density at radius 1 is 1.23 bits per heavy atom. The van der Waals surface area contributed by atoms with Crippen molar-refractivity contribution < 1.29 is 19.1 Å². The van der Waals surface area contributed by atoms with Gasteiger partial charge in [-0.15, -0.1) is 0 Å². The first-order valence-electron chi connectivity index (χ1n) is 9.15. The summed E-state index contributed by atoms with van der Waals surface area (Å²) < 4.78 is 11.5. The van der Waals surface area contributed by atoms with Gasteiger partial charge in [-0.05, 0) is 44.7 Å². The third kappa shape index (κ3) is 3.49. The standard InChI is InChI=1S/C20H28N2O4/c1-5-25-13-26-18-17(16-12-14(2)6-7-15(16)3)19(23)21-20(18)8-10-22(24-4)11-9-20/h6-7,12H,5,8-11,13H2,1-4H3,(H,21,23). The molecule has 0 unspecified atom stereocenters. The van der Waals surface area contributed by atoms with E-state index in [1.54, 1.807) is 7.11 Å². The van der Waals surface area contributed by atoms with Crippen molar-refractivity contribution in [2.24, 2.45) is 0 Å². The first kappa shape index (κ1) is 18.9. The number of carbonyl (C=O) groups excluding carboxylic acids is 1. The molecule has 6 nitrogen and oxygen atoms in total. The molecule has 2 aliphatic rings. The summed E-state index contributed by atoms with van der Waals surface area (Å²) in [6.45, 7) is 8.16. The van der Waals surface area contributed by atoms with Gasteiger partial charge in [0.1, 0.15) is 11.3 Å². The Bertz CT molecular complexity index is 706. The van der Waals surface area contributed by atoms with E-state index < -0.39 is 5.54 Å². The van der Waals surface area contributed by atoms with Gasteiger partial charge in [0.15, 0.2) is 6.79 Å². The number of carbonyl (C=O) groups is 1. The van der Waals surface area contributed by atoms with Crippen molar-refractivity contribution in [3.8, 4) is 0 Å². The zero-order valence-electron chi connectivity index (χ0n) is 16.1. The Hall–Kier alpha value is -1.89. The molecular formula is C20H28N2O4. The number of rotatable bonds is 6. The molecule has 2 aliphatic heterocycles. The monoisotopic (exact) mass is 360 g/mol. The summed E-state index contributed by atoms with van der Waals surface area (Å²) in [5.41, 5.74) is 3.25. The molecule has 6 heteroatoms. The van der Waals surface area contributed by atoms with Crippen LogP contribution in [0.25, 0.3) is 5.57 Å². The highest BCUT2D eigenvalue weighted by atomic mass is 16.7. The molecule has 1 aromatic carbocycles. The second-order valence-electron chi connectivity index (χ2n) is 6.93. The van der Waals surface area contributed by atoms with Crippen LogP contribution in [0.4, 0.5) is 0 Å². The highest BCUT2D eigenvalue weighted by molar-refractivity contribution is 6.23. The summed E-state index contributed by atoms with van der Waals surface area (Å²) in [7, 11) is 1.68. The number of piperidine rings is 1. The highest BCUT2D eigenvalue weighted by Crippen LogP contribution is 2.41. The largest absolute Gasteiger partial charge is 0.469 e. The molecule has 26 heavy (non-hydrogen) atoms. The van der Waals surface area contributed by atoms with Gasteiger partial charge in [-0.1, -0.05) is 23.8 Å². The number of hydrogen-bond donors (Lipinski definition) is 1. The van der Waals surface area contributed by atoms with Crippen molar-refractivity contribution in [2.75, 3.05) is 33.6 Å². The molecule has 0 aromatic heterocycles. The molecule has 3 rings (SSSR count). The molecule has 0 aliphatic carbocycles. The topological polar surface area (TPSA) is 60.0 Å². The van der Waals surface area contributed by atoms with Gasteiger partial charge < -0.3 is 19.6 Å². The van der Waals surface area contributed by atoms with Crippen LogP contribution >= 0.6 is 0 Å². The van der Waals surface area contributed by atoms with Crippen LogP contribution in [-0.4, -0.2) is 50.1 Å². The van der Waals surface area contributed by atoms with Gasteiger partial charge in [-0.25, -0.2) is 0 Å². The normalized spacial score (nSPS) is 19.9. The van der Waals surface area contributed by atoms with Gasteiger partial charge in [0.25, 0.3) is 5.91 Å². The summed E-state index contributed by atoms with van der Waals surface area (Å²) in [5, 5.41) is 5.12. The smallest absolute Gasteiger partial charge is 0.256 e. The van der Waals surface area contributed by atoms with Crippen molar-refractivity contribution >= 4 is 11.5 Å². The van der Waals surface area contributed by atoms with Crippen molar-refractivity contribution in [1.29, 1.82) is 0 Å². The molecule has 0 bridgehead atoms. The van der Waals surface area contributed by atoms with Crippen molar-refractivity contribution in [1.82, 2.24) is 10.4 Å². The number of benzene rings is 1. The van der Waals surface area contributed by atoms with Crippen molar-refractivity contribution in [3.05, 3.63) is 40.6 Å². The van der Waals surface area contributed by atoms with Gasteiger partial charge in [0, 0.05) is 19.7 Å². The second-order valence-corrected chi connectivity index (χ2v) is 6.93. The lowest BCUT2D eigenvalue weighted by molar-refractivity contribution is -0.154. The summed E-state index contributed by atoms with van der Waals surface area (Å²) in [6.07, 6.45) is 1.48. The Kier molecular flexibility index (Phi) is 5.65. The summed E-state index contributed by atoms with van der Waals surface area (Å²) >= 11 is 0. The van der Waals surface area contributed by atoms with E-state index in [4.69, 9.17) is 14.3 Å². The number of hydroxylamine groups is 2.